The van der Waals surface area contributed by atoms with Crippen molar-refractivity contribution in [1.29, 1.82) is 0 Å². The molecule has 94 valence electrons. The number of rotatable bonds is 5. The number of hydrogen-bond donors (Lipinski definition) is 2. The van der Waals surface area contributed by atoms with Gasteiger partial charge in [-0.3, -0.25) is 0 Å². The predicted molar refractivity (Wildman–Crippen MR) is 72.1 cm³/mol. The van der Waals surface area contributed by atoms with Crippen molar-refractivity contribution in [2.45, 2.75) is 45.1 Å². The highest BCUT2D eigenvalue weighted by Crippen LogP contribution is 2.25. The Bertz CT molecular complexity index is 345. The summed E-state index contributed by atoms with van der Waals surface area (Å²) in [6.45, 7) is 3.08. The van der Waals surface area contributed by atoms with E-state index >= 15 is 0 Å². The summed E-state index contributed by atoms with van der Waals surface area (Å²) >= 11 is 0. The molecule has 2 rings (SSSR count). The molecular formula is C15H23NO. The highest BCUT2D eigenvalue weighted by Gasteiger charge is 2.14. The van der Waals surface area contributed by atoms with Gasteiger partial charge in [0.1, 0.15) is 0 Å². The first-order chi connectivity index (χ1) is 8.29. The maximum atomic E-state index is 9.81. The molecule has 0 heterocycles. The molecule has 2 nitrogen and oxygen atoms in total. The molecule has 0 aliphatic heterocycles. The van der Waals surface area contributed by atoms with Crippen LogP contribution in [0, 0.1) is 5.92 Å². The highest BCUT2D eigenvalue weighted by atomic mass is 16.3. The second-order valence-electron chi connectivity index (χ2n) is 5.08. The standard InChI is InChI=1S/C15H23NO/c1-2-15(17)13-8-5-9-14(10-13)16-11-12-6-3-4-7-12/h5,8-10,12,15-17H,2-4,6-7,11H2,1H3. The molecule has 1 aromatic rings. The lowest BCUT2D eigenvalue weighted by Crippen LogP contribution is -2.11. The Balaban J connectivity index is 1.91. The van der Waals surface area contributed by atoms with Gasteiger partial charge in [-0.05, 0) is 42.9 Å². The number of aliphatic hydroxyl groups excluding tert-OH is 1. The SMILES string of the molecule is CCC(O)c1cccc(NCC2CCCC2)c1. The van der Waals surface area contributed by atoms with E-state index in [4.69, 9.17) is 0 Å². The van der Waals surface area contributed by atoms with Gasteiger partial charge in [-0.15, -0.1) is 0 Å². The summed E-state index contributed by atoms with van der Waals surface area (Å²) in [6, 6.07) is 8.17. The second-order valence-corrected chi connectivity index (χ2v) is 5.08. The fourth-order valence-electron chi connectivity index (χ4n) is 2.57. The number of nitrogens with one attached hydrogen (secondary N) is 1. The van der Waals surface area contributed by atoms with Crippen LogP contribution in [0.2, 0.25) is 0 Å². The van der Waals surface area contributed by atoms with Gasteiger partial charge < -0.3 is 10.4 Å². The van der Waals surface area contributed by atoms with Gasteiger partial charge >= 0.3 is 0 Å². The molecule has 1 atom stereocenters. The molecule has 2 heteroatoms. The first kappa shape index (κ1) is 12.4. The fourth-order valence-corrected chi connectivity index (χ4v) is 2.57. The Labute approximate surface area is 104 Å². The minimum atomic E-state index is -0.330. The van der Waals surface area contributed by atoms with Crippen LogP contribution in [-0.4, -0.2) is 11.7 Å². The second kappa shape index (κ2) is 6.06. The molecule has 0 bridgehead atoms. The van der Waals surface area contributed by atoms with E-state index in [1.54, 1.807) is 0 Å². The smallest absolute Gasteiger partial charge is 0.0788 e. The van der Waals surface area contributed by atoms with Gasteiger partial charge in [0.05, 0.1) is 6.10 Å². The lowest BCUT2D eigenvalue weighted by Gasteiger charge is -2.14. The molecule has 0 aromatic heterocycles. The Hall–Kier alpha value is -1.02. The third-order valence-corrected chi connectivity index (χ3v) is 3.73. The zero-order valence-electron chi connectivity index (χ0n) is 10.7. The van der Waals surface area contributed by atoms with E-state index in [0.717, 1.165) is 30.1 Å². The lowest BCUT2D eigenvalue weighted by atomic mass is 10.1. The minimum Gasteiger partial charge on any atom is -0.388 e. The first-order valence-corrected chi connectivity index (χ1v) is 6.81. The van der Waals surface area contributed by atoms with Crippen LogP contribution >= 0.6 is 0 Å². The Kier molecular flexibility index (Phi) is 4.43. The summed E-state index contributed by atoms with van der Waals surface area (Å²) in [4.78, 5) is 0. The Morgan fingerprint density at radius 1 is 1.35 bits per heavy atom. The Morgan fingerprint density at radius 3 is 2.82 bits per heavy atom. The van der Waals surface area contributed by atoms with Crippen LogP contribution in [-0.2, 0) is 0 Å². The largest absolute Gasteiger partial charge is 0.388 e. The molecule has 1 saturated carbocycles. The van der Waals surface area contributed by atoms with Gasteiger partial charge in [0.25, 0.3) is 0 Å². The van der Waals surface area contributed by atoms with Crippen LogP contribution in [0.4, 0.5) is 5.69 Å². The van der Waals surface area contributed by atoms with Gasteiger partial charge in [0.2, 0.25) is 0 Å². The topological polar surface area (TPSA) is 32.3 Å². The molecule has 2 N–H and O–H groups in total. The third-order valence-electron chi connectivity index (χ3n) is 3.73. The quantitative estimate of drug-likeness (QED) is 0.812. The van der Waals surface area contributed by atoms with Gasteiger partial charge in [0, 0.05) is 12.2 Å². The summed E-state index contributed by atoms with van der Waals surface area (Å²) in [5.41, 5.74) is 2.16. The monoisotopic (exact) mass is 233 g/mol. The van der Waals surface area contributed by atoms with Crippen molar-refractivity contribution in [3.05, 3.63) is 29.8 Å². The van der Waals surface area contributed by atoms with Crippen LogP contribution in [0.3, 0.4) is 0 Å². The average molecular weight is 233 g/mol. The van der Waals surface area contributed by atoms with Crippen molar-refractivity contribution in [2.24, 2.45) is 5.92 Å². The Morgan fingerprint density at radius 2 is 2.12 bits per heavy atom. The summed E-state index contributed by atoms with van der Waals surface area (Å²) < 4.78 is 0. The molecule has 0 radical (unpaired) electrons. The minimum absolute atomic E-state index is 0.330. The van der Waals surface area contributed by atoms with Crippen molar-refractivity contribution < 1.29 is 5.11 Å². The van der Waals surface area contributed by atoms with Crippen molar-refractivity contribution >= 4 is 5.69 Å². The molecule has 0 amide bonds. The summed E-state index contributed by atoms with van der Waals surface area (Å²) in [5, 5.41) is 13.3. The lowest BCUT2D eigenvalue weighted by molar-refractivity contribution is 0.174. The van der Waals surface area contributed by atoms with E-state index in [9.17, 15) is 5.11 Å². The van der Waals surface area contributed by atoms with E-state index in [2.05, 4.69) is 17.4 Å². The average Bonchev–Trinajstić information content (AvgIpc) is 2.89. The van der Waals surface area contributed by atoms with E-state index in [0.29, 0.717) is 0 Å². The molecule has 1 aliphatic carbocycles. The maximum Gasteiger partial charge on any atom is 0.0788 e. The van der Waals surface area contributed by atoms with Crippen LogP contribution in [0.1, 0.15) is 50.7 Å². The number of anilines is 1. The van der Waals surface area contributed by atoms with Gasteiger partial charge in [0.15, 0.2) is 0 Å². The molecule has 1 aromatic carbocycles. The van der Waals surface area contributed by atoms with E-state index in [1.807, 2.05) is 19.1 Å². The molecule has 0 spiro atoms. The molecule has 17 heavy (non-hydrogen) atoms. The van der Waals surface area contributed by atoms with Crippen molar-refractivity contribution in [2.75, 3.05) is 11.9 Å². The number of benzene rings is 1. The van der Waals surface area contributed by atoms with Gasteiger partial charge in [-0.25, -0.2) is 0 Å². The zero-order chi connectivity index (χ0) is 12.1. The van der Waals surface area contributed by atoms with Crippen LogP contribution in [0.25, 0.3) is 0 Å². The van der Waals surface area contributed by atoms with E-state index < -0.39 is 0 Å². The molecule has 1 unspecified atom stereocenters. The van der Waals surface area contributed by atoms with Gasteiger partial charge in [-0.1, -0.05) is 31.9 Å². The van der Waals surface area contributed by atoms with Crippen molar-refractivity contribution in [3.63, 3.8) is 0 Å². The number of aliphatic hydroxyl groups is 1. The fraction of sp³-hybridized carbons (Fsp3) is 0.600. The van der Waals surface area contributed by atoms with Crippen molar-refractivity contribution in [1.82, 2.24) is 0 Å². The maximum absolute atomic E-state index is 9.81. The van der Waals surface area contributed by atoms with Gasteiger partial charge in [-0.2, -0.15) is 0 Å². The molecular weight excluding hydrogens is 210 g/mol. The van der Waals surface area contributed by atoms with Crippen LogP contribution in [0.15, 0.2) is 24.3 Å². The van der Waals surface area contributed by atoms with E-state index in [-0.39, 0.29) is 6.10 Å². The molecule has 0 saturated heterocycles. The summed E-state index contributed by atoms with van der Waals surface area (Å²) in [5.74, 6) is 0.842. The van der Waals surface area contributed by atoms with Crippen molar-refractivity contribution in [3.8, 4) is 0 Å². The normalized spacial score (nSPS) is 18.2. The summed E-state index contributed by atoms with van der Waals surface area (Å²) in [7, 11) is 0. The first-order valence-electron chi connectivity index (χ1n) is 6.81. The van der Waals surface area contributed by atoms with Crippen LogP contribution < -0.4 is 5.32 Å². The highest BCUT2D eigenvalue weighted by molar-refractivity contribution is 5.46. The van der Waals surface area contributed by atoms with Crippen LogP contribution in [0.5, 0.6) is 0 Å². The van der Waals surface area contributed by atoms with E-state index in [1.165, 1.54) is 25.7 Å². The molecule has 1 fully saturated rings. The zero-order valence-corrected chi connectivity index (χ0v) is 10.7. The molecule has 1 aliphatic rings. The third kappa shape index (κ3) is 3.47. The summed E-state index contributed by atoms with van der Waals surface area (Å²) in [6.07, 6.45) is 5.95. The number of hydrogen-bond acceptors (Lipinski definition) is 2. The predicted octanol–water partition coefficient (Wildman–Crippen LogP) is 3.73.